The van der Waals surface area contributed by atoms with E-state index in [0.29, 0.717) is 0 Å². The van der Waals surface area contributed by atoms with Crippen molar-refractivity contribution in [2.45, 2.75) is 6.42 Å². The molecule has 0 aliphatic carbocycles. The molecule has 0 fully saturated rings. The average Bonchev–Trinajstić information content (AvgIpc) is 2.20. The monoisotopic (exact) mass is 256 g/mol. The highest BCUT2D eigenvalue weighted by atomic mass is 79.9. The fourth-order valence-corrected chi connectivity index (χ4v) is 1.27. The summed E-state index contributed by atoms with van der Waals surface area (Å²) < 4.78 is 13.4. The molecule has 0 saturated carbocycles. The number of ketones is 1. The number of hydrogen-bond donors (Lipinski definition) is 0. The van der Waals surface area contributed by atoms with E-state index in [1.54, 1.807) is 6.07 Å². The summed E-state index contributed by atoms with van der Waals surface area (Å²) in [4.78, 5) is 14.9. The van der Waals surface area contributed by atoms with Gasteiger partial charge in [0.2, 0.25) is 0 Å². The number of rotatable bonds is 3. The summed E-state index contributed by atoms with van der Waals surface area (Å²) in [5, 5.41) is 8.44. The molecule has 0 aromatic carbocycles. The van der Waals surface area contributed by atoms with Crippen LogP contribution < -0.4 is 0 Å². The first-order chi connectivity index (χ1) is 6.70. The Morgan fingerprint density at radius 3 is 3.00 bits per heavy atom. The predicted molar refractivity (Wildman–Crippen MR) is 51.6 cm³/mol. The van der Waals surface area contributed by atoms with Gasteiger partial charge >= 0.3 is 0 Å². The van der Waals surface area contributed by atoms with Gasteiger partial charge in [-0.1, -0.05) is 15.9 Å². The van der Waals surface area contributed by atoms with E-state index in [4.69, 9.17) is 5.26 Å². The van der Waals surface area contributed by atoms with E-state index in [2.05, 4.69) is 20.9 Å². The number of halogens is 2. The molecule has 0 amide bonds. The molecule has 0 atom stereocenters. The fraction of sp³-hybridized carbons (Fsp3) is 0.222. The lowest BCUT2D eigenvalue weighted by Crippen LogP contribution is -2.07. The van der Waals surface area contributed by atoms with Crippen LogP contribution in [0.3, 0.4) is 0 Å². The molecule has 0 bridgehead atoms. The van der Waals surface area contributed by atoms with Gasteiger partial charge in [-0.2, -0.15) is 5.26 Å². The zero-order valence-electron chi connectivity index (χ0n) is 7.13. The minimum absolute atomic E-state index is 0.0132. The van der Waals surface area contributed by atoms with Crippen LogP contribution in [0.4, 0.5) is 4.39 Å². The van der Waals surface area contributed by atoms with Crippen molar-refractivity contribution in [1.82, 2.24) is 4.98 Å². The molecule has 0 aliphatic heterocycles. The van der Waals surface area contributed by atoms with E-state index in [9.17, 15) is 9.18 Å². The summed E-state index contributed by atoms with van der Waals surface area (Å²) in [5.74, 6) is -1.05. The third kappa shape index (κ3) is 2.15. The van der Waals surface area contributed by atoms with Gasteiger partial charge in [0.05, 0.1) is 29.1 Å². The van der Waals surface area contributed by atoms with Crippen LogP contribution in [0.15, 0.2) is 12.3 Å². The van der Waals surface area contributed by atoms with Gasteiger partial charge in [-0.15, -0.1) is 0 Å². The standard InChI is InChI=1S/C9H6BrFN2O/c10-5-8(14)6-2-4-13-7(1-3-12)9(6)11/h2,4H,1,5H2. The lowest BCUT2D eigenvalue weighted by molar-refractivity contribution is 0.101. The van der Waals surface area contributed by atoms with Crippen molar-refractivity contribution in [2.24, 2.45) is 0 Å². The molecule has 0 aliphatic rings. The van der Waals surface area contributed by atoms with Crippen LogP contribution >= 0.6 is 15.9 Å². The van der Waals surface area contributed by atoms with Gasteiger partial charge in [0.1, 0.15) is 0 Å². The molecule has 14 heavy (non-hydrogen) atoms. The van der Waals surface area contributed by atoms with Crippen molar-refractivity contribution < 1.29 is 9.18 Å². The highest BCUT2D eigenvalue weighted by molar-refractivity contribution is 9.09. The highest BCUT2D eigenvalue weighted by Gasteiger charge is 2.14. The lowest BCUT2D eigenvalue weighted by atomic mass is 10.1. The first-order valence-corrected chi connectivity index (χ1v) is 4.92. The number of carbonyl (C=O) groups excluding carboxylic acids is 1. The first-order valence-electron chi connectivity index (χ1n) is 3.80. The molecule has 3 nitrogen and oxygen atoms in total. The highest BCUT2D eigenvalue weighted by Crippen LogP contribution is 2.12. The fourth-order valence-electron chi connectivity index (χ4n) is 0.973. The Morgan fingerprint density at radius 1 is 1.71 bits per heavy atom. The third-order valence-corrected chi connectivity index (χ3v) is 2.14. The molecular weight excluding hydrogens is 251 g/mol. The Labute approximate surface area is 88.7 Å². The van der Waals surface area contributed by atoms with E-state index in [1.807, 2.05) is 0 Å². The van der Waals surface area contributed by atoms with Crippen LogP contribution in [0.25, 0.3) is 0 Å². The van der Waals surface area contributed by atoms with Crippen LogP contribution in [0, 0.1) is 17.1 Å². The zero-order valence-corrected chi connectivity index (χ0v) is 8.71. The topological polar surface area (TPSA) is 53.8 Å². The molecule has 0 unspecified atom stereocenters. The van der Waals surface area contributed by atoms with Crippen LogP contribution in [0.2, 0.25) is 0 Å². The SMILES string of the molecule is N#CCc1nccc(C(=O)CBr)c1F. The van der Waals surface area contributed by atoms with Crippen molar-refractivity contribution in [3.8, 4) is 6.07 Å². The minimum Gasteiger partial charge on any atom is -0.293 e. The largest absolute Gasteiger partial charge is 0.293 e. The van der Waals surface area contributed by atoms with Gasteiger partial charge in [-0.25, -0.2) is 4.39 Å². The van der Waals surface area contributed by atoms with Crippen molar-refractivity contribution in [1.29, 1.82) is 5.26 Å². The molecule has 5 heteroatoms. The van der Waals surface area contributed by atoms with Crippen molar-refractivity contribution in [2.75, 3.05) is 5.33 Å². The number of nitrogens with zero attached hydrogens (tertiary/aromatic N) is 2. The predicted octanol–water partition coefficient (Wildman–Crippen LogP) is 1.86. The number of Topliss-reactive ketones (excluding diaryl/α,β-unsaturated/α-hetero) is 1. The summed E-state index contributed by atoms with van der Waals surface area (Å²) in [6, 6.07) is 3.09. The Morgan fingerprint density at radius 2 is 2.43 bits per heavy atom. The second kappa shape index (κ2) is 4.82. The van der Waals surface area contributed by atoms with Gasteiger partial charge in [0.25, 0.3) is 0 Å². The quantitative estimate of drug-likeness (QED) is 0.613. The Hall–Kier alpha value is -1.28. The van der Waals surface area contributed by atoms with Crippen molar-refractivity contribution in [3.05, 3.63) is 29.3 Å². The molecule has 1 heterocycles. The number of pyridine rings is 1. The van der Waals surface area contributed by atoms with Gasteiger partial charge < -0.3 is 0 Å². The number of hydrogen-bond acceptors (Lipinski definition) is 3. The summed E-state index contributed by atoms with van der Waals surface area (Å²) in [6.07, 6.45) is 1.20. The summed E-state index contributed by atoms with van der Waals surface area (Å²) in [5.41, 5.74) is -0.0126. The molecule has 1 rings (SSSR count). The van der Waals surface area contributed by atoms with E-state index < -0.39 is 5.82 Å². The van der Waals surface area contributed by atoms with E-state index in [1.165, 1.54) is 12.3 Å². The average molecular weight is 257 g/mol. The number of carbonyl (C=O) groups is 1. The second-order valence-electron chi connectivity index (χ2n) is 2.51. The van der Waals surface area contributed by atoms with Crippen LogP contribution in [-0.4, -0.2) is 16.1 Å². The molecule has 0 N–H and O–H groups in total. The Bertz CT molecular complexity index is 400. The van der Waals surface area contributed by atoms with Crippen LogP contribution in [-0.2, 0) is 6.42 Å². The summed E-state index contributed by atoms with van der Waals surface area (Å²) in [7, 11) is 0. The van der Waals surface area contributed by atoms with E-state index >= 15 is 0 Å². The number of alkyl halides is 1. The maximum Gasteiger partial charge on any atom is 0.176 e. The normalized spacial score (nSPS) is 9.50. The Balaban J connectivity index is 3.15. The number of nitriles is 1. The smallest absolute Gasteiger partial charge is 0.176 e. The van der Waals surface area contributed by atoms with Gasteiger partial charge in [-0.3, -0.25) is 9.78 Å². The third-order valence-electron chi connectivity index (χ3n) is 1.63. The second-order valence-corrected chi connectivity index (χ2v) is 3.07. The summed E-state index contributed by atoms with van der Waals surface area (Å²) >= 11 is 2.95. The molecule has 1 aromatic heterocycles. The van der Waals surface area contributed by atoms with Crippen LogP contribution in [0.5, 0.6) is 0 Å². The minimum atomic E-state index is -0.696. The Kier molecular flexibility index (Phi) is 3.72. The molecular formula is C9H6BrFN2O. The maximum atomic E-state index is 13.4. The molecule has 72 valence electrons. The van der Waals surface area contributed by atoms with Gasteiger partial charge in [0, 0.05) is 6.20 Å². The van der Waals surface area contributed by atoms with Crippen molar-refractivity contribution >= 4 is 21.7 Å². The van der Waals surface area contributed by atoms with Gasteiger partial charge in [-0.05, 0) is 6.07 Å². The maximum absolute atomic E-state index is 13.4. The van der Waals surface area contributed by atoms with Crippen LogP contribution in [0.1, 0.15) is 16.1 Å². The van der Waals surface area contributed by atoms with E-state index in [-0.39, 0.29) is 28.8 Å². The number of aromatic nitrogens is 1. The molecule has 1 aromatic rings. The van der Waals surface area contributed by atoms with Crippen molar-refractivity contribution in [3.63, 3.8) is 0 Å². The van der Waals surface area contributed by atoms with Gasteiger partial charge in [0.15, 0.2) is 11.6 Å². The van der Waals surface area contributed by atoms with E-state index in [0.717, 1.165) is 0 Å². The molecule has 0 spiro atoms. The lowest BCUT2D eigenvalue weighted by Gasteiger charge is -2.01. The zero-order chi connectivity index (χ0) is 10.6. The molecule has 0 radical (unpaired) electrons. The first kappa shape index (κ1) is 10.8. The summed E-state index contributed by atoms with van der Waals surface area (Å²) in [6.45, 7) is 0. The molecule has 0 saturated heterocycles.